The van der Waals surface area contributed by atoms with Crippen molar-refractivity contribution in [1.29, 1.82) is 0 Å². The summed E-state index contributed by atoms with van der Waals surface area (Å²) in [6.45, 7) is 0. The van der Waals surface area contributed by atoms with Gasteiger partial charge >= 0.3 is 6.03 Å². The number of urea groups is 1. The van der Waals surface area contributed by atoms with Gasteiger partial charge in [-0.15, -0.1) is 11.8 Å². The van der Waals surface area contributed by atoms with Gasteiger partial charge in [-0.25, -0.2) is 4.79 Å². The molecule has 110 valence electrons. The summed E-state index contributed by atoms with van der Waals surface area (Å²) in [5.41, 5.74) is 0.837. The maximum atomic E-state index is 11.8. The number of para-hydroxylation sites is 1. The largest absolute Gasteiger partial charge is 0.457 e. The molecule has 4 nitrogen and oxygen atoms in total. The molecule has 0 saturated heterocycles. The second-order valence-electron chi connectivity index (χ2n) is 4.31. The number of anilines is 1. The van der Waals surface area contributed by atoms with Crippen molar-refractivity contribution in [2.75, 3.05) is 24.1 Å². The Morgan fingerprint density at radius 1 is 1.10 bits per heavy atom. The predicted molar refractivity (Wildman–Crippen MR) is 88.3 cm³/mol. The van der Waals surface area contributed by atoms with Crippen LogP contribution in [0.5, 0.6) is 11.5 Å². The molecule has 0 aliphatic rings. The lowest BCUT2D eigenvalue weighted by Gasteiger charge is -2.21. The molecule has 5 heteroatoms. The van der Waals surface area contributed by atoms with E-state index in [1.54, 1.807) is 23.7 Å². The minimum Gasteiger partial charge on any atom is -0.457 e. The van der Waals surface area contributed by atoms with E-state index in [1.165, 1.54) is 0 Å². The SMILES string of the molecule is CNC(=O)N(CSC)c1ccc(Oc2ccccc2)cc1. The predicted octanol–water partition coefficient (Wildman–Crippen LogP) is 3.95. The molecule has 2 aromatic rings. The third-order valence-electron chi connectivity index (χ3n) is 2.84. The van der Waals surface area contributed by atoms with Crippen molar-refractivity contribution >= 4 is 23.5 Å². The number of nitrogens with zero attached hydrogens (tertiary/aromatic N) is 1. The van der Waals surface area contributed by atoms with Crippen molar-refractivity contribution in [3.63, 3.8) is 0 Å². The molecule has 0 saturated carbocycles. The van der Waals surface area contributed by atoms with Crippen LogP contribution in [-0.4, -0.2) is 25.2 Å². The van der Waals surface area contributed by atoms with Gasteiger partial charge in [-0.2, -0.15) is 0 Å². The van der Waals surface area contributed by atoms with Crippen LogP contribution in [0.2, 0.25) is 0 Å². The van der Waals surface area contributed by atoms with E-state index in [-0.39, 0.29) is 6.03 Å². The van der Waals surface area contributed by atoms with E-state index in [0.717, 1.165) is 17.2 Å². The Morgan fingerprint density at radius 2 is 1.71 bits per heavy atom. The van der Waals surface area contributed by atoms with Crippen LogP contribution in [0.4, 0.5) is 10.5 Å². The second-order valence-corrected chi connectivity index (χ2v) is 5.15. The molecule has 21 heavy (non-hydrogen) atoms. The molecular formula is C16H18N2O2S. The maximum absolute atomic E-state index is 11.8. The number of ether oxygens (including phenoxy) is 1. The summed E-state index contributed by atoms with van der Waals surface area (Å²) in [5.74, 6) is 2.13. The topological polar surface area (TPSA) is 41.6 Å². The van der Waals surface area contributed by atoms with Gasteiger partial charge in [-0.1, -0.05) is 18.2 Å². The van der Waals surface area contributed by atoms with Crippen molar-refractivity contribution in [2.45, 2.75) is 0 Å². The van der Waals surface area contributed by atoms with Gasteiger partial charge in [0, 0.05) is 12.7 Å². The molecule has 0 radical (unpaired) electrons. The van der Waals surface area contributed by atoms with Gasteiger partial charge in [0.05, 0.1) is 5.88 Å². The third-order valence-corrected chi connectivity index (χ3v) is 3.36. The molecule has 0 aromatic heterocycles. The van der Waals surface area contributed by atoms with E-state index in [4.69, 9.17) is 4.74 Å². The molecule has 2 rings (SSSR count). The van der Waals surface area contributed by atoms with E-state index in [2.05, 4.69) is 5.32 Å². The van der Waals surface area contributed by atoms with E-state index >= 15 is 0 Å². The molecule has 1 N–H and O–H groups in total. The first-order valence-electron chi connectivity index (χ1n) is 6.55. The Morgan fingerprint density at radius 3 is 2.29 bits per heavy atom. The minimum absolute atomic E-state index is 0.124. The molecule has 0 unspecified atom stereocenters. The van der Waals surface area contributed by atoms with E-state index in [0.29, 0.717) is 5.88 Å². The van der Waals surface area contributed by atoms with Gasteiger partial charge in [-0.3, -0.25) is 4.90 Å². The highest BCUT2D eigenvalue weighted by Crippen LogP contribution is 2.25. The van der Waals surface area contributed by atoms with Crippen molar-refractivity contribution in [3.05, 3.63) is 54.6 Å². The van der Waals surface area contributed by atoms with Crippen LogP contribution in [0.15, 0.2) is 54.6 Å². The van der Waals surface area contributed by atoms with Gasteiger partial charge in [0.1, 0.15) is 11.5 Å². The highest BCUT2D eigenvalue weighted by atomic mass is 32.2. The number of nitrogens with one attached hydrogen (secondary N) is 1. The molecule has 0 aliphatic carbocycles. The van der Waals surface area contributed by atoms with Crippen LogP contribution >= 0.6 is 11.8 Å². The van der Waals surface area contributed by atoms with E-state index < -0.39 is 0 Å². The Bertz CT molecular complexity index is 573. The van der Waals surface area contributed by atoms with Gasteiger partial charge in [0.2, 0.25) is 0 Å². The van der Waals surface area contributed by atoms with Crippen molar-refractivity contribution in [2.24, 2.45) is 0 Å². The summed E-state index contributed by atoms with van der Waals surface area (Å²) in [6.07, 6.45) is 1.96. The molecule has 0 spiro atoms. The number of thioether (sulfide) groups is 1. The smallest absolute Gasteiger partial charge is 0.322 e. The highest BCUT2D eigenvalue weighted by molar-refractivity contribution is 7.98. The first-order chi connectivity index (χ1) is 10.2. The van der Waals surface area contributed by atoms with Crippen molar-refractivity contribution < 1.29 is 9.53 Å². The fourth-order valence-electron chi connectivity index (χ4n) is 1.83. The second kappa shape index (κ2) is 7.59. The van der Waals surface area contributed by atoms with E-state index in [1.807, 2.05) is 60.9 Å². The molecular weight excluding hydrogens is 284 g/mol. The first kappa shape index (κ1) is 15.3. The molecule has 0 heterocycles. The summed E-state index contributed by atoms with van der Waals surface area (Å²) < 4.78 is 5.74. The van der Waals surface area contributed by atoms with Crippen molar-refractivity contribution in [3.8, 4) is 11.5 Å². The Kier molecular flexibility index (Phi) is 5.51. The maximum Gasteiger partial charge on any atom is 0.322 e. The summed E-state index contributed by atoms with van der Waals surface area (Å²) in [5, 5.41) is 2.65. The van der Waals surface area contributed by atoms with Crippen molar-refractivity contribution in [1.82, 2.24) is 5.32 Å². The normalized spacial score (nSPS) is 10.0. The molecule has 0 bridgehead atoms. The summed E-state index contributed by atoms with van der Waals surface area (Å²) in [4.78, 5) is 13.5. The van der Waals surface area contributed by atoms with Crippen LogP contribution < -0.4 is 15.0 Å². The fourth-order valence-corrected chi connectivity index (χ4v) is 2.36. The standard InChI is InChI=1S/C16H18N2O2S/c1-17-16(19)18(12-21-2)13-8-10-15(11-9-13)20-14-6-4-3-5-7-14/h3-11H,12H2,1-2H3,(H,17,19). The van der Waals surface area contributed by atoms with Gasteiger partial charge in [0.15, 0.2) is 0 Å². The number of rotatable bonds is 5. The zero-order valence-corrected chi connectivity index (χ0v) is 12.9. The summed E-state index contributed by atoms with van der Waals surface area (Å²) >= 11 is 1.59. The van der Waals surface area contributed by atoms with Gasteiger partial charge in [0.25, 0.3) is 0 Å². The van der Waals surface area contributed by atoms with Crippen LogP contribution in [-0.2, 0) is 0 Å². The molecule has 0 aliphatic heterocycles. The minimum atomic E-state index is -0.124. The zero-order chi connectivity index (χ0) is 15.1. The number of hydrogen-bond acceptors (Lipinski definition) is 3. The molecule has 0 atom stereocenters. The quantitative estimate of drug-likeness (QED) is 0.850. The van der Waals surface area contributed by atoms with E-state index in [9.17, 15) is 4.79 Å². The lowest BCUT2D eigenvalue weighted by atomic mass is 10.3. The van der Waals surface area contributed by atoms with Crippen LogP contribution in [0.3, 0.4) is 0 Å². The number of hydrogen-bond donors (Lipinski definition) is 1. The Hall–Kier alpha value is -2.14. The van der Waals surface area contributed by atoms with Gasteiger partial charge in [-0.05, 0) is 42.7 Å². The molecule has 2 amide bonds. The number of carbonyl (C=O) groups is 1. The number of benzene rings is 2. The van der Waals surface area contributed by atoms with Crippen LogP contribution in [0.1, 0.15) is 0 Å². The molecule has 2 aromatic carbocycles. The lowest BCUT2D eigenvalue weighted by Crippen LogP contribution is -2.37. The number of amides is 2. The average molecular weight is 302 g/mol. The first-order valence-corrected chi connectivity index (χ1v) is 7.95. The van der Waals surface area contributed by atoms with Crippen LogP contribution in [0.25, 0.3) is 0 Å². The monoisotopic (exact) mass is 302 g/mol. The Labute approximate surface area is 129 Å². The lowest BCUT2D eigenvalue weighted by molar-refractivity contribution is 0.249. The fraction of sp³-hybridized carbons (Fsp3) is 0.188. The zero-order valence-electron chi connectivity index (χ0n) is 12.1. The highest BCUT2D eigenvalue weighted by Gasteiger charge is 2.13. The number of carbonyl (C=O) groups excluding carboxylic acids is 1. The average Bonchev–Trinajstić information content (AvgIpc) is 2.54. The van der Waals surface area contributed by atoms with Gasteiger partial charge < -0.3 is 10.1 Å². The third kappa shape index (κ3) is 4.16. The summed E-state index contributed by atoms with van der Waals surface area (Å²) in [7, 11) is 1.63. The summed E-state index contributed by atoms with van der Waals surface area (Å²) in [6, 6.07) is 17.0. The Balaban J connectivity index is 2.12. The molecule has 0 fully saturated rings. The van der Waals surface area contributed by atoms with Crippen LogP contribution in [0, 0.1) is 0 Å².